The van der Waals surface area contributed by atoms with Crippen molar-refractivity contribution in [2.45, 2.75) is 24.8 Å². The van der Waals surface area contributed by atoms with E-state index in [2.05, 4.69) is 38.3 Å². The summed E-state index contributed by atoms with van der Waals surface area (Å²) in [7, 11) is 0. The van der Waals surface area contributed by atoms with Gasteiger partial charge in [-0.05, 0) is 37.1 Å². The molecule has 2 atom stereocenters. The van der Waals surface area contributed by atoms with Crippen LogP contribution in [0.3, 0.4) is 0 Å². The quantitative estimate of drug-likeness (QED) is 0.797. The Morgan fingerprint density at radius 3 is 3.28 bits per heavy atom. The molecule has 3 heterocycles. The zero-order chi connectivity index (χ0) is 12.1. The van der Waals surface area contributed by atoms with Gasteiger partial charge in [-0.1, -0.05) is 15.9 Å². The maximum atomic E-state index is 5.93. The van der Waals surface area contributed by atoms with Crippen LogP contribution in [0.15, 0.2) is 16.6 Å². The molecule has 96 valence electrons. The number of fused-ring (bicyclic) bond motifs is 3. The molecule has 0 aromatic heterocycles. The minimum absolute atomic E-state index is 0.631. The number of rotatable bonds is 0. The number of hydrogen-bond acceptors (Lipinski definition) is 3. The Morgan fingerprint density at radius 2 is 2.33 bits per heavy atom. The van der Waals surface area contributed by atoms with Crippen molar-refractivity contribution in [3.63, 3.8) is 0 Å². The average molecular weight is 309 g/mol. The van der Waals surface area contributed by atoms with Crippen molar-refractivity contribution < 1.29 is 4.74 Å². The minimum Gasteiger partial charge on any atom is -0.491 e. The normalized spacial score (nSPS) is 29.3. The smallest absolute Gasteiger partial charge is 0.144 e. The Hall–Kier alpha value is -0.740. The van der Waals surface area contributed by atoms with Gasteiger partial charge >= 0.3 is 0 Å². The second-order valence-corrected chi connectivity index (χ2v) is 6.32. The van der Waals surface area contributed by atoms with E-state index in [1.54, 1.807) is 0 Å². The summed E-state index contributed by atoms with van der Waals surface area (Å²) in [4.78, 5) is 2.61. The number of nitrogens with one attached hydrogen (secondary N) is 1. The van der Waals surface area contributed by atoms with Crippen molar-refractivity contribution in [3.8, 4) is 5.75 Å². The monoisotopic (exact) mass is 308 g/mol. The Bertz CT molecular complexity index is 491. The van der Waals surface area contributed by atoms with Crippen LogP contribution in [0.2, 0.25) is 0 Å². The zero-order valence-corrected chi connectivity index (χ0v) is 11.9. The minimum atomic E-state index is 0.631. The van der Waals surface area contributed by atoms with Gasteiger partial charge in [-0.3, -0.25) is 0 Å². The predicted octanol–water partition coefficient (Wildman–Crippen LogP) is 2.50. The lowest BCUT2D eigenvalue weighted by Crippen LogP contribution is -2.44. The maximum Gasteiger partial charge on any atom is 0.144 e. The molecular formula is C14H17BrN2O. The molecule has 4 rings (SSSR count). The number of benzene rings is 1. The molecule has 2 unspecified atom stereocenters. The van der Waals surface area contributed by atoms with Gasteiger partial charge in [0.1, 0.15) is 5.75 Å². The van der Waals surface area contributed by atoms with Crippen molar-refractivity contribution in [2.75, 3.05) is 31.1 Å². The van der Waals surface area contributed by atoms with Crippen molar-refractivity contribution in [1.82, 2.24) is 5.32 Å². The fourth-order valence-electron chi connectivity index (χ4n) is 3.69. The summed E-state index contributed by atoms with van der Waals surface area (Å²) in [6.07, 6.45) is 2.37. The van der Waals surface area contributed by atoms with Crippen LogP contribution in [0, 0.1) is 0 Å². The lowest BCUT2D eigenvalue weighted by atomic mass is 9.90. The highest BCUT2D eigenvalue weighted by atomic mass is 79.9. The van der Waals surface area contributed by atoms with Crippen LogP contribution < -0.4 is 15.0 Å². The van der Waals surface area contributed by atoms with E-state index in [0.717, 1.165) is 42.9 Å². The standard InChI is InChI=1S/C14H17BrN2O/c15-9-6-10-11-8-16-3-2-12(11)17-4-1-5-18-13(7-9)14(10)17/h6-7,11-12,16H,1-5,8H2. The summed E-state index contributed by atoms with van der Waals surface area (Å²) < 4.78 is 7.08. The Morgan fingerprint density at radius 1 is 1.39 bits per heavy atom. The number of anilines is 1. The van der Waals surface area contributed by atoms with Gasteiger partial charge in [-0.25, -0.2) is 0 Å². The van der Waals surface area contributed by atoms with E-state index in [9.17, 15) is 0 Å². The van der Waals surface area contributed by atoms with Crippen LogP contribution in [0.4, 0.5) is 5.69 Å². The molecule has 1 aromatic carbocycles. The third-order valence-electron chi connectivity index (χ3n) is 4.40. The first-order valence-corrected chi connectivity index (χ1v) is 7.57. The predicted molar refractivity (Wildman–Crippen MR) is 75.6 cm³/mol. The van der Waals surface area contributed by atoms with Crippen LogP contribution >= 0.6 is 15.9 Å². The molecule has 0 aliphatic carbocycles. The molecule has 1 saturated heterocycles. The molecule has 3 aliphatic heterocycles. The maximum absolute atomic E-state index is 5.93. The van der Waals surface area contributed by atoms with E-state index in [1.807, 2.05) is 0 Å². The van der Waals surface area contributed by atoms with Crippen molar-refractivity contribution in [1.29, 1.82) is 0 Å². The molecule has 18 heavy (non-hydrogen) atoms. The number of hydrogen-bond donors (Lipinski definition) is 1. The lowest BCUT2D eigenvalue weighted by molar-refractivity contribution is 0.318. The van der Waals surface area contributed by atoms with Gasteiger partial charge < -0.3 is 15.0 Å². The second kappa shape index (κ2) is 4.14. The molecule has 3 nitrogen and oxygen atoms in total. The number of nitrogens with zero attached hydrogens (tertiary/aromatic N) is 1. The first-order chi connectivity index (χ1) is 8.84. The van der Waals surface area contributed by atoms with Crippen molar-refractivity contribution in [2.24, 2.45) is 0 Å². The summed E-state index contributed by atoms with van der Waals surface area (Å²) in [6.45, 7) is 4.23. The molecule has 0 spiro atoms. The van der Waals surface area contributed by atoms with Crippen LogP contribution in [0.25, 0.3) is 0 Å². The molecule has 1 N–H and O–H groups in total. The Labute approximate surface area is 116 Å². The summed E-state index contributed by atoms with van der Waals surface area (Å²) in [6, 6.07) is 5.09. The third kappa shape index (κ3) is 1.51. The summed E-state index contributed by atoms with van der Waals surface area (Å²) in [5.74, 6) is 1.71. The van der Waals surface area contributed by atoms with Crippen LogP contribution in [-0.2, 0) is 0 Å². The van der Waals surface area contributed by atoms with E-state index < -0.39 is 0 Å². The molecule has 1 aromatic rings. The van der Waals surface area contributed by atoms with E-state index in [0.29, 0.717) is 12.0 Å². The fourth-order valence-corrected chi connectivity index (χ4v) is 4.14. The topological polar surface area (TPSA) is 24.5 Å². The number of ether oxygens (including phenoxy) is 1. The summed E-state index contributed by atoms with van der Waals surface area (Å²) in [5.41, 5.74) is 2.84. The Kier molecular flexibility index (Phi) is 2.55. The van der Waals surface area contributed by atoms with E-state index in [4.69, 9.17) is 4.74 Å². The van der Waals surface area contributed by atoms with Gasteiger partial charge in [-0.2, -0.15) is 0 Å². The highest BCUT2D eigenvalue weighted by molar-refractivity contribution is 9.10. The molecule has 1 fully saturated rings. The third-order valence-corrected chi connectivity index (χ3v) is 4.86. The van der Waals surface area contributed by atoms with Crippen LogP contribution in [0.1, 0.15) is 24.3 Å². The van der Waals surface area contributed by atoms with Crippen LogP contribution in [0.5, 0.6) is 5.75 Å². The van der Waals surface area contributed by atoms with Crippen LogP contribution in [-0.4, -0.2) is 32.3 Å². The average Bonchev–Trinajstić information content (AvgIpc) is 2.55. The first kappa shape index (κ1) is 11.1. The summed E-state index contributed by atoms with van der Waals surface area (Å²) >= 11 is 3.62. The molecule has 0 saturated carbocycles. The van der Waals surface area contributed by atoms with Gasteiger partial charge in [0, 0.05) is 29.5 Å². The number of halogens is 1. The van der Waals surface area contributed by atoms with E-state index in [1.165, 1.54) is 17.7 Å². The largest absolute Gasteiger partial charge is 0.491 e. The van der Waals surface area contributed by atoms with Crippen molar-refractivity contribution in [3.05, 3.63) is 22.2 Å². The highest BCUT2D eigenvalue weighted by Crippen LogP contribution is 2.50. The molecular weight excluding hydrogens is 292 g/mol. The van der Waals surface area contributed by atoms with E-state index >= 15 is 0 Å². The molecule has 0 radical (unpaired) electrons. The van der Waals surface area contributed by atoms with Gasteiger partial charge in [-0.15, -0.1) is 0 Å². The van der Waals surface area contributed by atoms with Gasteiger partial charge in [0.05, 0.1) is 12.3 Å². The second-order valence-electron chi connectivity index (χ2n) is 5.40. The highest BCUT2D eigenvalue weighted by Gasteiger charge is 2.42. The van der Waals surface area contributed by atoms with E-state index in [-0.39, 0.29) is 0 Å². The lowest BCUT2D eigenvalue weighted by Gasteiger charge is -2.33. The number of piperidine rings is 1. The molecule has 0 bridgehead atoms. The molecule has 4 heteroatoms. The molecule has 0 amide bonds. The van der Waals surface area contributed by atoms with Gasteiger partial charge in [0.15, 0.2) is 0 Å². The van der Waals surface area contributed by atoms with Gasteiger partial charge in [0.25, 0.3) is 0 Å². The molecule has 3 aliphatic rings. The van der Waals surface area contributed by atoms with Crippen molar-refractivity contribution >= 4 is 21.6 Å². The zero-order valence-electron chi connectivity index (χ0n) is 10.3. The first-order valence-electron chi connectivity index (χ1n) is 6.78. The fraction of sp³-hybridized carbons (Fsp3) is 0.571. The SMILES string of the molecule is Brc1cc2c3c(c1)C1CNCCC1N3CCCO2. The van der Waals surface area contributed by atoms with Gasteiger partial charge in [0.2, 0.25) is 0 Å². The Balaban J connectivity index is 1.90. The summed E-state index contributed by atoms with van der Waals surface area (Å²) in [5, 5.41) is 3.53.